The molecule has 0 saturated heterocycles. The molecule has 2 heterocycles. The van der Waals surface area contributed by atoms with Crippen molar-refractivity contribution in [1.82, 2.24) is 10.1 Å². The van der Waals surface area contributed by atoms with Gasteiger partial charge in [0, 0.05) is 17.1 Å². The summed E-state index contributed by atoms with van der Waals surface area (Å²) in [5.74, 6) is 1.15. The van der Waals surface area contributed by atoms with E-state index in [0.29, 0.717) is 41.6 Å². The van der Waals surface area contributed by atoms with Crippen molar-refractivity contribution in [2.24, 2.45) is 0 Å². The minimum atomic E-state index is -0.379. The van der Waals surface area contributed by atoms with Crippen LogP contribution in [-0.2, 0) is 16.9 Å². The first-order valence-corrected chi connectivity index (χ1v) is 10.1. The summed E-state index contributed by atoms with van der Waals surface area (Å²) >= 11 is 1.49. The van der Waals surface area contributed by atoms with Gasteiger partial charge in [0.1, 0.15) is 0 Å². The number of ether oxygens (including phenoxy) is 1. The van der Waals surface area contributed by atoms with Crippen LogP contribution in [0.4, 0.5) is 5.69 Å². The van der Waals surface area contributed by atoms with Crippen LogP contribution in [0.15, 0.2) is 51.9 Å². The largest absolute Gasteiger partial charge is 0.465 e. The van der Waals surface area contributed by atoms with Crippen LogP contribution in [-0.4, -0.2) is 35.7 Å². The van der Waals surface area contributed by atoms with Gasteiger partial charge in [-0.2, -0.15) is 4.98 Å². The number of hydrogen-bond donors (Lipinski definition) is 0. The average Bonchev–Trinajstić information content (AvgIpc) is 3.36. The normalized spacial score (nSPS) is 12.7. The molecule has 0 N–H and O–H groups in total. The van der Waals surface area contributed by atoms with Crippen molar-refractivity contribution in [3.63, 3.8) is 0 Å². The number of nitrogens with zero attached hydrogens (tertiary/aromatic N) is 3. The zero-order valence-corrected chi connectivity index (χ0v) is 16.9. The van der Waals surface area contributed by atoms with Crippen molar-refractivity contribution < 1.29 is 18.8 Å². The van der Waals surface area contributed by atoms with Gasteiger partial charge in [-0.05, 0) is 49.2 Å². The second-order valence-corrected chi connectivity index (χ2v) is 7.58. The standard InChI is InChI=1S/C21H19N3O4S/c1-13-22-19(28-23-13)12-29-18-6-4-3-5-16(18)20(25)24-10-9-14-11-15(21(26)27-2)7-8-17(14)24/h3-8,11H,9-10,12H2,1-2H3. The lowest BCUT2D eigenvalue weighted by Crippen LogP contribution is -2.29. The van der Waals surface area contributed by atoms with Crippen molar-refractivity contribution in [3.8, 4) is 0 Å². The second-order valence-electron chi connectivity index (χ2n) is 6.56. The monoisotopic (exact) mass is 409 g/mol. The third-order valence-electron chi connectivity index (χ3n) is 4.68. The highest BCUT2D eigenvalue weighted by atomic mass is 32.2. The molecule has 0 bridgehead atoms. The lowest BCUT2D eigenvalue weighted by atomic mass is 10.1. The Labute approximate surface area is 172 Å². The van der Waals surface area contributed by atoms with E-state index in [1.807, 2.05) is 30.3 Å². The molecule has 3 aromatic rings. The fraction of sp³-hybridized carbons (Fsp3) is 0.238. The van der Waals surface area contributed by atoms with E-state index >= 15 is 0 Å². The molecule has 0 unspecified atom stereocenters. The van der Waals surface area contributed by atoms with Gasteiger partial charge in [0.2, 0.25) is 5.89 Å². The number of benzene rings is 2. The summed E-state index contributed by atoms with van der Waals surface area (Å²) in [7, 11) is 1.36. The molecule has 0 radical (unpaired) electrons. The minimum absolute atomic E-state index is 0.0700. The van der Waals surface area contributed by atoms with Crippen LogP contribution in [0.5, 0.6) is 0 Å². The predicted molar refractivity (Wildman–Crippen MR) is 108 cm³/mol. The molecule has 0 fully saturated rings. The van der Waals surface area contributed by atoms with Gasteiger partial charge < -0.3 is 14.2 Å². The van der Waals surface area contributed by atoms with Crippen LogP contribution in [0.25, 0.3) is 0 Å². The number of thioether (sulfide) groups is 1. The molecule has 7 nitrogen and oxygen atoms in total. The molecule has 0 aliphatic carbocycles. The van der Waals surface area contributed by atoms with Crippen molar-refractivity contribution in [2.45, 2.75) is 24.0 Å². The van der Waals surface area contributed by atoms with Crippen molar-refractivity contribution in [1.29, 1.82) is 0 Å². The smallest absolute Gasteiger partial charge is 0.337 e. The number of esters is 1. The zero-order valence-electron chi connectivity index (χ0n) is 16.0. The third kappa shape index (κ3) is 3.88. The SMILES string of the molecule is COC(=O)c1ccc2c(c1)CCN2C(=O)c1ccccc1SCc1nc(C)no1. The van der Waals surface area contributed by atoms with Gasteiger partial charge in [-0.15, -0.1) is 11.8 Å². The number of aromatic nitrogens is 2. The molecule has 1 aliphatic heterocycles. The fourth-order valence-electron chi connectivity index (χ4n) is 3.31. The predicted octanol–water partition coefficient (Wildman–Crippen LogP) is 3.66. The quantitative estimate of drug-likeness (QED) is 0.469. The number of anilines is 1. The Morgan fingerprint density at radius 3 is 2.83 bits per heavy atom. The number of rotatable bonds is 5. The summed E-state index contributed by atoms with van der Waals surface area (Å²) in [6.07, 6.45) is 0.697. The molecule has 2 aromatic carbocycles. The molecular formula is C21H19N3O4S. The van der Waals surface area contributed by atoms with Gasteiger partial charge in [-0.3, -0.25) is 4.79 Å². The number of amides is 1. The van der Waals surface area contributed by atoms with Gasteiger partial charge in [0.05, 0.1) is 24.0 Å². The summed E-state index contributed by atoms with van der Waals surface area (Å²) < 4.78 is 9.94. The summed E-state index contributed by atoms with van der Waals surface area (Å²) in [5.41, 5.74) is 2.91. The lowest BCUT2D eigenvalue weighted by Gasteiger charge is -2.19. The Hall–Kier alpha value is -3.13. The highest BCUT2D eigenvalue weighted by Crippen LogP contribution is 2.33. The Kier molecular flexibility index (Phi) is 5.35. The number of fused-ring (bicyclic) bond motifs is 1. The number of hydrogen-bond acceptors (Lipinski definition) is 7. The molecular weight excluding hydrogens is 390 g/mol. The van der Waals surface area contributed by atoms with Crippen LogP contribution in [0.1, 0.15) is 38.0 Å². The molecule has 148 valence electrons. The number of carbonyl (C=O) groups is 2. The van der Waals surface area contributed by atoms with E-state index in [1.54, 1.807) is 24.0 Å². The third-order valence-corrected chi connectivity index (χ3v) is 5.74. The Morgan fingerprint density at radius 1 is 1.24 bits per heavy atom. The van der Waals surface area contributed by atoms with Gasteiger partial charge >= 0.3 is 5.97 Å². The molecule has 0 atom stereocenters. The first-order chi connectivity index (χ1) is 14.1. The Balaban J connectivity index is 1.56. The van der Waals surface area contributed by atoms with Crippen molar-refractivity contribution in [3.05, 3.63) is 70.9 Å². The van der Waals surface area contributed by atoms with E-state index < -0.39 is 0 Å². The fourth-order valence-corrected chi connectivity index (χ4v) is 4.19. The van der Waals surface area contributed by atoms with Crippen LogP contribution < -0.4 is 4.90 Å². The van der Waals surface area contributed by atoms with Gasteiger partial charge in [0.15, 0.2) is 5.82 Å². The molecule has 0 spiro atoms. The van der Waals surface area contributed by atoms with E-state index in [2.05, 4.69) is 10.1 Å². The highest BCUT2D eigenvalue weighted by Gasteiger charge is 2.28. The maximum atomic E-state index is 13.3. The summed E-state index contributed by atoms with van der Waals surface area (Å²) in [6, 6.07) is 12.8. The van der Waals surface area contributed by atoms with E-state index in [9.17, 15) is 9.59 Å². The van der Waals surface area contributed by atoms with E-state index in [0.717, 1.165) is 16.1 Å². The molecule has 29 heavy (non-hydrogen) atoms. The molecule has 1 aromatic heterocycles. The Morgan fingerprint density at radius 2 is 2.07 bits per heavy atom. The molecule has 4 rings (SSSR count). The number of methoxy groups -OCH3 is 1. The van der Waals surface area contributed by atoms with E-state index in [1.165, 1.54) is 18.9 Å². The average molecular weight is 409 g/mol. The minimum Gasteiger partial charge on any atom is -0.465 e. The molecule has 1 aliphatic rings. The summed E-state index contributed by atoms with van der Waals surface area (Å²) in [4.78, 5) is 31.9. The summed E-state index contributed by atoms with van der Waals surface area (Å²) in [6.45, 7) is 2.34. The van der Waals surface area contributed by atoms with Crippen LogP contribution >= 0.6 is 11.8 Å². The maximum absolute atomic E-state index is 13.3. The van der Waals surface area contributed by atoms with Crippen LogP contribution in [0.2, 0.25) is 0 Å². The topological polar surface area (TPSA) is 85.5 Å². The van der Waals surface area contributed by atoms with Crippen molar-refractivity contribution >= 4 is 29.3 Å². The number of carbonyl (C=O) groups excluding carboxylic acids is 2. The summed E-state index contributed by atoms with van der Waals surface area (Å²) in [5, 5.41) is 3.79. The highest BCUT2D eigenvalue weighted by molar-refractivity contribution is 7.98. The maximum Gasteiger partial charge on any atom is 0.337 e. The van der Waals surface area contributed by atoms with Gasteiger partial charge in [0.25, 0.3) is 5.91 Å². The zero-order chi connectivity index (χ0) is 20.4. The molecule has 8 heteroatoms. The second kappa shape index (κ2) is 8.08. The van der Waals surface area contributed by atoms with Gasteiger partial charge in [-0.25, -0.2) is 4.79 Å². The number of aryl methyl sites for hydroxylation is 1. The molecule has 0 saturated carbocycles. The van der Waals surface area contributed by atoms with Crippen LogP contribution in [0, 0.1) is 6.92 Å². The first-order valence-electron chi connectivity index (χ1n) is 9.11. The van der Waals surface area contributed by atoms with Crippen molar-refractivity contribution in [2.75, 3.05) is 18.6 Å². The van der Waals surface area contributed by atoms with Crippen LogP contribution in [0.3, 0.4) is 0 Å². The van der Waals surface area contributed by atoms with Gasteiger partial charge in [-0.1, -0.05) is 17.3 Å². The molecule has 1 amide bonds. The first kappa shape index (κ1) is 19.2. The van der Waals surface area contributed by atoms with E-state index in [-0.39, 0.29) is 11.9 Å². The Bertz CT molecular complexity index is 1080. The lowest BCUT2D eigenvalue weighted by molar-refractivity contribution is 0.0600. The van der Waals surface area contributed by atoms with E-state index in [4.69, 9.17) is 9.26 Å².